The van der Waals surface area contributed by atoms with Gasteiger partial charge >= 0.3 is 5.97 Å². The Labute approximate surface area is 114 Å². The van der Waals surface area contributed by atoms with Gasteiger partial charge in [0.15, 0.2) is 0 Å². The van der Waals surface area contributed by atoms with Gasteiger partial charge in [-0.05, 0) is 18.6 Å². The molecule has 0 radical (unpaired) electrons. The molecule has 0 aliphatic heterocycles. The molecule has 102 valence electrons. The highest BCUT2D eigenvalue weighted by atomic mass is 35.5. The molecule has 1 amide bonds. The summed E-state index contributed by atoms with van der Waals surface area (Å²) in [5.74, 6) is -2.06. The number of hydrogen-bond donors (Lipinski definition) is 2. The van der Waals surface area contributed by atoms with Gasteiger partial charge in [-0.3, -0.25) is 4.79 Å². The van der Waals surface area contributed by atoms with E-state index < -0.39 is 11.8 Å². The van der Waals surface area contributed by atoms with Crippen molar-refractivity contribution in [1.29, 1.82) is 0 Å². The standard InChI is InChI=1S/C13H13ClFNO3/c1-8(17)16-5-3-2-4-9-6-11(14)10(13(18)19)7-12(9)15/h2,4,6-7H,3,5H2,1H3,(H,16,17)(H,18,19). The van der Waals surface area contributed by atoms with E-state index in [0.717, 1.165) is 6.07 Å². The highest BCUT2D eigenvalue weighted by Crippen LogP contribution is 2.22. The zero-order valence-electron chi connectivity index (χ0n) is 10.2. The van der Waals surface area contributed by atoms with E-state index in [-0.39, 0.29) is 22.1 Å². The maximum Gasteiger partial charge on any atom is 0.337 e. The van der Waals surface area contributed by atoms with Crippen molar-refractivity contribution < 1.29 is 19.1 Å². The maximum absolute atomic E-state index is 13.6. The Hall–Kier alpha value is -1.88. The SMILES string of the molecule is CC(=O)NCCC=Cc1cc(Cl)c(C(=O)O)cc1F. The fourth-order valence-corrected chi connectivity index (χ4v) is 1.65. The molecule has 1 aromatic rings. The van der Waals surface area contributed by atoms with E-state index in [4.69, 9.17) is 16.7 Å². The fraction of sp³-hybridized carbons (Fsp3) is 0.231. The molecule has 0 spiro atoms. The Morgan fingerprint density at radius 2 is 2.16 bits per heavy atom. The molecule has 1 aromatic carbocycles. The molecule has 1 rings (SSSR count). The van der Waals surface area contributed by atoms with Crippen LogP contribution in [-0.2, 0) is 4.79 Å². The normalized spacial score (nSPS) is 10.7. The van der Waals surface area contributed by atoms with Gasteiger partial charge in [0.2, 0.25) is 5.91 Å². The molecule has 0 saturated heterocycles. The smallest absolute Gasteiger partial charge is 0.337 e. The van der Waals surface area contributed by atoms with Crippen LogP contribution < -0.4 is 5.32 Å². The lowest BCUT2D eigenvalue weighted by atomic mass is 10.1. The van der Waals surface area contributed by atoms with E-state index in [0.29, 0.717) is 13.0 Å². The molecular formula is C13H13ClFNO3. The van der Waals surface area contributed by atoms with E-state index in [1.807, 2.05) is 0 Å². The van der Waals surface area contributed by atoms with Crippen molar-refractivity contribution in [3.8, 4) is 0 Å². The van der Waals surface area contributed by atoms with Gasteiger partial charge in [-0.1, -0.05) is 23.8 Å². The Morgan fingerprint density at radius 1 is 1.47 bits per heavy atom. The highest BCUT2D eigenvalue weighted by Gasteiger charge is 2.12. The zero-order valence-corrected chi connectivity index (χ0v) is 11.0. The van der Waals surface area contributed by atoms with Crippen molar-refractivity contribution in [3.63, 3.8) is 0 Å². The van der Waals surface area contributed by atoms with Crippen LogP contribution in [0.4, 0.5) is 4.39 Å². The monoisotopic (exact) mass is 285 g/mol. The van der Waals surface area contributed by atoms with Gasteiger partial charge < -0.3 is 10.4 Å². The molecule has 2 N–H and O–H groups in total. The van der Waals surface area contributed by atoms with Crippen molar-refractivity contribution in [2.75, 3.05) is 6.54 Å². The number of carboxylic acids is 1. The molecule has 4 nitrogen and oxygen atoms in total. The van der Waals surface area contributed by atoms with Crippen LogP contribution in [0.2, 0.25) is 5.02 Å². The molecule has 0 aliphatic carbocycles. The minimum absolute atomic E-state index is 0.0181. The third-order valence-corrected chi connectivity index (χ3v) is 2.61. The van der Waals surface area contributed by atoms with E-state index in [1.165, 1.54) is 19.1 Å². The van der Waals surface area contributed by atoms with E-state index in [9.17, 15) is 14.0 Å². The van der Waals surface area contributed by atoms with Crippen LogP contribution in [0.3, 0.4) is 0 Å². The van der Waals surface area contributed by atoms with Gasteiger partial charge in [0.25, 0.3) is 0 Å². The number of rotatable bonds is 5. The number of benzene rings is 1. The van der Waals surface area contributed by atoms with E-state index in [1.54, 1.807) is 6.08 Å². The van der Waals surface area contributed by atoms with Crippen LogP contribution in [0, 0.1) is 5.82 Å². The number of carbonyl (C=O) groups excluding carboxylic acids is 1. The van der Waals surface area contributed by atoms with E-state index in [2.05, 4.69) is 5.32 Å². The molecule has 0 aromatic heterocycles. The van der Waals surface area contributed by atoms with Gasteiger partial charge in [-0.2, -0.15) is 0 Å². The first-order valence-electron chi connectivity index (χ1n) is 5.55. The number of aromatic carboxylic acids is 1. The number of carbonyl (C=O) groups is 2. The average molecular weight is 286 g/mol. The second-order valence-electron chi connectivity index (χ2n) is 3.83. The lowest BCUT2D eigenvalue weighted by Crippen LogP contribution is -2.20. The van der Waals surface area contributed by atoms with Crippen molar-refractivity contribution in [3.05, 3.63) is 40.2 Å². The summed E-state index contributed by atoms with van der Waals surface area (Å²) in [4.78, 5) is 21.3. The molecular weight excluding hydrogens is 273 g/mol. The van der Waals surface area contributed by atoms with Crippen molar-refractivity contribution in [1.82, 2.24) is 5.32 Å². The third kappa shape index (κ3) is 4.71. The number of hydrogen-bond acceptors (Lipinski definition) is 2. The average Bonchev–Trinajstić information content (AvgIpc) is 2.31. The fourth-order valence-electron chi connectivity index (χ4n) is 1.40. The van der Waals surface area contributed by atoms with Gasteiger partial charge in [0.05, 0.1) is 10.6 Å². The second kappa shape index (κ2) is 6.89. The van der Waals surface area contributed by atoms with Crippen LogP contribution in [-0.4, -0.2) is 23.5 Å². The van der Waals surface area contributed by atoms with Crippen LogP contribution in [0.25, 0.3) is 6.08 Å². The number of nitrogens with one attached hydrogen (secondary N) is 1. The third-order valence-electron chi connectivity index (χ3n) is 2.30. The summed E-state index contributed by atoms with van der Waals surface area (Å²) < 4.78 is 13.6. The van der Waals surface area contributed by atoms with Crippen LogP contribution in [0.5, 0.6) is 0 Å². The van der Waals surface area contributed by atoms with E-state index >= 15 is 0 Å². The topological polar surface area (TPSA) is 66.4 Å². The number of halogens is 2. The summed E-state index contributed by atoms with van der Waals surface area (Å²) in [5, 5.41) is 11.3. The lowest BCUT2D eigenvalue weighted by Gasteiger charge is -2.03. The highest BCUT2D eigenvalue weighted by molar-refractivity contribution is 6.33. The van der Waals surface area contributed by atoms with Gasteiger partial charge in [0.1, 0.15) is 5.82 Å². The first kappa shape index (κ1) is 15.2. The Balaban J connectivity index is 2.74. The van der Waals surface area contributed by atoms with Crippen molar-refractivity contribution in [2.45, 2.75) is 13.3 Å². The number of amides is 1. The zero-order chi connectivity index (χ0) is 14.4. The predicted molar refractivity (Wildman–Crippen MR) is 70.7 cm³/mol. The van der Waals surface area contributed by atoms with Gasteiger partial charge in [-0.25, -0.2) is 9.18 Å². The van der Waals surface area contributed by atoms with Gasteiger partial charge in [-0.15, -0.1) is 0 Å². The lowest BCUT2D eigenvalue weighted by molar-refractivity contribution is -0.118. The summed E-state index contributed by atoms with van der Waals surface area (Å²) in [7, 11) is 0. The molecule has 6 heteroatoms. The Kier molecular flexibility index (Phi) is 5.51. The first-order chi connectivity index (χ1) is 8.91. The van der Waals surface area contributed by atoms with Crippen molar-refractivity contribution in [2.24, 2.45) is 0 Å². The largest absolute Gasteiger partial charge is 0.478 e. The molecule has 0 heterocycles. The molecule has 19 heavy (non-hydrogen) atoms. The minimum Gasteiger partial charge on any atom is -0.478 e. The van der Waals surface area contributed by atoms with Crippen LogP contribution in [0.15, 0.2) is 18.2 Å². The Morgan fingerprint density at radius 3 is 2.74 bits per heavy atom. The Bertz CT molecular complexity index is 529. The molecule has 0 atom stereocenters. The summed E-state index contributed by atoms with van der Waals surface area (Å²) in [6, 6.07) is 2.15. The summed E-state index contributed by atoms with van der Waals surface area (Å²) >= 11 is 5.74. The van der Waals surface area contributed by atoms with Crippen LogP contribution in [0.1, 0.15) is 29.3 Å². The van der Waals surface area contributed by atoms with Gasteiger partial charge in [0, 0.05) is 19.0 Å². The van der Waals surface area contributed by atoms with Crippen molar-refractivity contribution >= 4 is 29.6 Å². The molecule has 0 bridgehead atoms. The first-order valence-corrected chi connectivity index (χ1v) is 5.93. The maximum atomic E-state index is 13.6. The van der Waals surface area contributed by atoms with Crippen LogP contribution >= 0.6 is 11.6 Å². The molecule has 0 saturated carbocycles. The quantitative estimate of drug-likeness (QED) is 0.818. The summed E-state index contributed by atoms with van der Waals surface area (Å²) in [5.41, 5.74) is -0.0626. The molecule has 0 aliphatic rings. The minimum atomic E-state index is -1.27. The molecule has 0 unspecified atom stereocenters. The second-order valence-corrected chi connectivity index (χ2v) is 4.24. The predicted octanol–water partition coefficient (Wildman–Crippen LogP) is 2.72. The summed E-state index contributed by atoms with van der Waals surface area (Å²) in [6.45, 7) is 1.86. The summed E-state index contributed by atoms with van der Waals surface area (Å²) in [6.07, 6.45) is 3.71. The molecule has 0 fully saturated rings. The number of carboxylic acid groups (broad SMARTS) is 1.